The number of fused-ring (bicyclic) bond motifs is 6. The van der Waals surface area contributed by atoms with E-state index in [4.69, 9.17) is 0 Å². The molecule has 0 atom stereocenters. The van der Waals surface area contributed by atoms with Gasteiger partial charge in [-0.3, -0.25) is 54.4 Å². The Labute approximate surface area is 773 Å². The van der Waals surface area contributed by atoms with Crippen molar-refractivity contribution >= 4 is 78.9 Å². The quantitative estimate of drug-likeness (QED) is 0.0342. The lowest BCUT2D eigenvalue weighted by atomic mass is 9.87. The third-order valence-corrected chi connectivity index (χ3v) is 23.4. The lowest BCUT2D eigenvalue weighted by Gasteiger charge is -2.28. The van der Waals surface area contributed by atoms with E-state index in [2.05, 4.69) is 194 Å². The number of hydrogen-bond donors (Lipinski definition) is 9. The molecule has 33 heteroatoms. The number of para-hydroxylation sites is 2. The fourth-order valence-electron chi connectivity index (χ4n) is 15.0. The van der Waals surface area contributed by atoms with Crippen LogP contribution in [0.25, 0.3) is 85.1 Å². The molecule has 12 heterocycles. The van der Waals surface area contributed by atoms with Crippen LogP contribution in [-0.4, -0.2) is 109 Å². The molecule has 9 aromatic carbocycles. The van der Waals surface area contributed by atoms with Crippen molar-refractivity contribution in [3.8, 4) is 56.3 Å². The van der Waals surface area contributed by atoms with Crippen LogP contribution >= 0.6 is 27.3 Å². The molecule has 20 aromatic rings. The number of hydrogen-bond acceptors (Lipinski definition) is 21. The van der Waals surface area contributed by atoms with E-state index in [0.717, 1.165) is 85.9 Å². The smallest absolute Gasteiger partial charge is 0.274 e. The van der Waals surface area contributed by atoms with E-state index in [1.54, 1.807) is 35.6 Å². The molecule has 21 rings (SSSR count). The summed E-state index contributed by atoms with van der Waals surface area (Å²) in [5.41, 5.74) is 18.1. The maximum absolute atomic E-state index is 13.6. The number of H-pyrrole nitrogens is 5. The van der Waals surface area contributed by atoms with Crippen molar-refractivity contribution in [3.05, 3.63) is 402 Å². The number of benzene rings is 9. The van der Waals surface area contributed by atoms with E-state index in [1.165, 1.54) is 86.3 Å². The van der Waals surface area contributed by atoms with E-state index >= 15 is 0 Å². The molecule has 0 aliphatic carbocycles. The van der Waals surface area contributed by atoms with Gasteiger partial charge in [-0.15, -0.1) is 11.3 Å². The maximum atomic E-state index is 13.6. The van der Waals surface area contributed by atoms with Crippen LogP contribution in [0.5, 0.6) is 0 Å². The zero-order valence-electron chi connectivity index (χ0n) is 73.7. The highest BCUT2D eigenvalue weighted by Gasteiger charge is 2.22. The molecular weight excluding hydrogens is 1760 g/mol. The van der Waals surface area contributed by atoms with Crippen molar-refractivity contribution in [1.82, 2.24) is 103 Å². The van der Waals surface area contributed by atoms with Gasteiger partial charge < -0.3 is 21.3 Å². The number of halogens is 2. The first-order valence-corrected chi connectivity index (χ1v) is 44.8. The first-order chi connectivity index (χ1) is 64.5. The minimum atomic E-state index is -0.355. The lowest BCUT2D eigenvalue weighted by Crippen LogP contribution is -2.31. The summed E-state index contributed by atoms with van der Waals surface area (Å²) >= 11 is 5.00. The summed E-state index contributed by atoms with van der Waals surface area (Å²) in [5, 5.41) is 29.9. The van der Waals surface area contributed by atoms with E-state index < -0.39 is 0 Å². The summed E-state index contributed by atoms with van der Waals surface area (Å²) in [6, 6.07) is 84.1. The predicted octanol–water partition coefficient (Wildman–Crippen LogP) is 17.2. The van der Waals surface area contributed by atoms with E-state index in [9.17, 15) is 28.4 Å². The first-order valence-electron chi connectivity index (χ1n) is 43.2. The normalized spacial score (nSPS) is 11.9. The Morgan fingerprint density at radius 3 is 1.33 bits per heavy atom. The second-order valence-corrected chi connectivity index (χ2v) is 34.7. The largest absolute Gasteiger partial charge is 0.379 e. The number of aromatic nitrogens is 20. The molecule has 0 saturated heterocycles. The molecule has 11 aromatic heterocycles. The minimum absolute atomic E-state index is 0.0850. The number of rotatable bonds is 20. The molecule has 668 valence electrons. The Morgan fingerprint density at radius 1 is 0.383 bits per heavy atom. The van der Waals surface area contributed by atoms with Crippen molar-refractivity contribution in [2.75, 3.05) is 27.8 Å². The molecule has 1 aliphatic heterocycles. The number of aryl methyl sites for hydroxylation is 4. The van der Waals surface area contributed by atoms with Crippen molar-refractivity contribution < 1.29 is 4.39 Å². The first kappa shape index (κ1) is 89.0. The number of anilines is 4. The topological polar surface area (TPSA) is 367 Å². The molecule has 30 nitrogen and oxygen atoms in total. The molecule has 0 fully saturated rings. The molecule has 133 heavy (non-hydrogen) atoms. The molecule has 0 spiro atoms. The second kappa shape index (κ2) is 39.9. The van der Waals surface area contributed by atoms with Gasteiger partial charge in [-0.05, 0) is 139 Å². The average Bonchev–Trinajstić information content (AvgIpc) is 1.69. The Morgan fingerprint density at radius 2 is 0.812 bits per heavy atom. The highest BCUT2D eigenvalue weighted by molar-refractivity contribution is 9.10. The summed E-state index contributed by atoms with van der Waals surface area (Å²) in [6.45, 7) is 18.8. The van der Waals surface area contributed by atoms with Gasteiger partial charge in [0.2, 0.25) is 0 Å². The summed E-state index contributed by atoms with van der Waals surface area (Å²) in [4.78, 5) is 110. The zero-order chi connectivity index (χ0) is 92.2. The van der Waals surface area contributed by atoms with Crippen molar-refractivity contribution in [1.29, 1.82) is 0 Å². The standard InChI is InChI=1S/C22H22BrN5O.C21H21N5O.C20H19N5O.C19H17N5OS.C18H14FN5O/c1-22(2,3)15-6-4-14(5-7-15)20-26-21-25-18(12-19(29)28(21)27-20)13-24-17-10-8-16(23)9-11-17;1-3-15-8-4-5-10-18(15)22-13-17-12-19(27)26-21(23-17)24-20(25-26)16-9-6-7-14(2)11-16;1-13-6-8-15(9-7-13)19-23-20-22-17(11-18(26)25(20)24-19)12-21-16-5-3-4-14(2)10-16;25-17-10-15(12-23-8-7-13-4-1-2-5-14(13)11-23)20-19-21-18(22-24(17)19)16-6-3-9-26-16;19-14-8-4-5-9-15(14)20-11-13-10-16(25)24-18(21-13)22-17(23-24)12-6-2-1-3-7-12/h4-12,24H,13H2,1-3H3,(H,25,26,27);4-12,22H,3,13H2,1-2H3,(H,23,24,25);3-11,21H,12H2,1-2H3,(H,22,23,24);1-6,9-10H,7-8,11-12H2,(H,20,21,22);1-10,20H,11H2,(H,21,22,23). The Balaban J connectivity index is 0.000000116. The van der Waals surface area contributed by atoms with Crippen LogP contribution in [0.1, 0.15) is 95.1 Å². The zero-order valence-corrected chi connectivity index (χ0v) is 76.1. The Bertz CT molecular complexity index is 7850. The van der Waals surface area contributed by atoms with Gasteiger partial charge in [0, 0.05) is 93.8 Å². The van der Waals surface area contributed by atoms with Gasteiger partial charge in [-0.2, -0.15) is 47.5 Å². The van der Waals surface area contributed by atoms with Crippen LogP contribution in [0.15, 0.2) is 301 Å². The van der Waals surface area contributed by atoms with Crippen LogP contribution < -0.4 is 49.1 Å². The SMILES string of the molecule is CC(C)(C)c1ccc(-c2nc3nc(CNc4ccc(Br)cc4)cc(=O)n3[nH]2)cc1.CCc1ccccc1NCc1cc(=O)n2[nH]c(-c3cccc(C)c3)nc2n1.Cc1ccc(-c2nc3nc(CNc4cccc(C)c4)cc(=O)n3[nH]2)cc1.O=c1cc(CN2CCc3ccccc3C2)nc2nc(-c3cccs3)[nH]n12.O=c1cc(CNc2ccccc2F)nc2nc(-c3ccccc3)[nH]n12. The lowest BCUT2D eigenvalue weighted by molar-refractivity contribution is 0.242. The van der Waals surface area contributed by atoms with Crippen LogP contribution in [0, 0.1) is 26.6 Å². The molecule has 0 bridgehead atoms. The van der Waals surface area contributed by atoms with Crippen molar-refractivity contribution in [2.24, 2.45) is 0 Å². The van der Waals surface area contributed by atoms with Crippen LogP contribution in [-0.2, 0) is 57.5 Å². The van der Waals surface area contributed by atoms with Crippen LogP contribution in [0.2, 0.25) is 0 Å². The Kier molecular flexibility index (Phi) is 26.7. The van der Waals surface area contributed by atoms with Gasteiger partial charge in [0.05, 0.1) is 65.2 Å². The Hall–Kier alpha value is -16.0. The number of nitrogens with zero attached hydrogens (tertiary/aromatic N) is 16. The molecule has 0 unspecified atom stereocenters. The fraction of sp³-hybridized carbons (Fsp3) is 0.170. The summed E-state index contributed by atoms with van der Waals surface area (Å²) in [6.07, 6.45) is 1.97. The van der Waals surface area contributed by atoms with Crippen LogP contribution in [0.4, 0.5) is 27.1 Å². The summed E-state index contributed by atoms with van der Waals surface area (Å²) in [5.74, 6) is 4.56. The van der Waals surface area contributed by atoms with E-state index in [0.29, 0.717) is 107 Å². The summed E-state index contributed by atoms with van der Waals surface area (Å²) in [7, 11) is 0. The predicted molar refractivity (Wildman–Crippen MR) is 522 cm³/mol. The fourth-order valence-corrected chi connectivity index (χ4v) is 15.9. The molecule has 9 N–H and O–H groups in total. The molecule has 0 amide bonds. The second-order valence-electron chi connectivity index (χ2n) is 32.9. The van der Waals surface area contributed by atoms with E-state index in [1.807, 2.05) is 190 Å². The van der Waals surface area contributed by atoms with Gasteiger partial charge >= 0.3 is 0 Å². The van der Waals surface area contributed by atoms with Gasteiger partial charge in [-0.25, -0.2) is 29.3 Å². The highest BCUT2D eigenvalue weighted by Crippen LogP contribution is 2.29. The minimum Gasteiger partial charge on any atom is -0.379 e. The van der Waals surface area contributed by atoms with Crippen LogP contribution in [0.3, 0.4) is 0 Å². The number of aromatic amines is 5. The number of nitrogens with one attached hydrogen (secondary N) is 9. The monoisotopic (exact) mass is 1850 g/mol. The molecule has 0 saturated carbocycles. The van der Waals surface area contributed by atoms with Crippen molar-refractivity contribution in [3.63, 3.8) is 0 Å². The molecular formula is C100H93BrFN25O5S. The third-order valence-electron chi connectivity index (χ3n) is 22.0. The third kappa shape index (κ3) is 21.8. The summed E-state index contributed by atoms with van der Waals surface area (Å²) < 4.78 is 21.5. The number of thiophene rings is 1. The van der Waals surface area contributed by atoms with E-state index in [-0.39, 0.29) is 51.4 Å². The van der Waals surface area contributed by atoms with Crippen molar-refractivity contribution in [2.45, 2.75) is 106 Å². The average molecular weight is 1860 g/mol. The molecule has 0 radical (unpaired) electrons. The maximum Gasteiger partial charge on any atom is 0.274 e. The van der Waals surface area contributed by atoms with Gasteiger partial charge in [0.15, 0.2) is 29.1 Å². The van der Waals surface area contributed by atoms with Gasteiger partial charge in [-0.1, -0.05) is 225 Å². The highest BCUT2D eigenvalue weighted by atomic mass is 79.9. The van der Waals surface area contributed by atoms with Gasteiger partial charge in [0.1, 0.15) is 5.82 Å². The van der Waals surface area contributed by atoms with Gasteiger partial charge in [0.25, 0.3) is 56.7 Å². The molecule has 1 aliphatic rings.